The highest BCUT2D eigenvalue weighted by Gasteiger charge is 2.21. The predicted molar refractivity (Wildman–Crippen MR) is 102 cm³/mol. The maximum atomic E-state index is 12.6. The second-order valence-electron chi connectivity index (χ2n) is 6.34. The van der Waals surface area contributed by atoms with Gasteiger partial charge >= 0.3 is 0 Å². The van der Waals surface area contributed by atoms with Crippen LogP contribution in [-0.2, 0) is 11.2 Å². The van der Waals surface area contributed by atoms with Crippen LogP contribution >= 0.6 is 22.9 Å². The third kappa shape index (κ3) is 5.54. The molecule has 0 radical (unpaired) electrons. The Morgan fingerprint density at radius 2 is 2.08 bits per heavy atom. The highest BCUT2D eigenvalue weighted by molar-refractivity contribution is 7.13. The van der Waals surface area contributed by atoms with Crippen LogP contribution in [0.3, 0.4) is 0 Å². The number of hydrogen-bond acceptors (Lipinski definition) is 4. The highest BCUT2D eigenvalue weighted by atomic mass is 35.5. The van der Waals surface area contributed by atoms with Crippen molar-refractivity contribution in [3.05, 3.63) is 44.9 Å². The van der Waals surface area contributed by atoms with E-state index in [2.05, 4.69) is 24.1 Å². The molecule has 0 aliphatic heterocycles. The maximum Gasteiger partial charge on any atom is 0.266 e. The van der Waals surface area contributed by atoms with Crippen molar-refractivity contribution in [2.24, 2.45) is 5.92 Å². The van der Waals surface area contributed by atoms with E-state index in [4.69, 9.17) is 11.6 Å². The molecule has 0 spiro atoms. The quantitative estimate of drug-likeness (QED) is 0.824. The number of benzene rings is 1. The zero-order chi connectivity index (χ0) is 18.6. The molecule has 0 aliphatic rings. The molecule has 2 amide bonds. The Hall–Kier alpha value is -1.92. The monoisotopic (exact) mass is 379 g/mol. The topological polar surface area (TPSA) is 62.3 Å². The second kappa shape index (κ2) is 8.45. The van der Waals surface area contributed by atoms with Crippen LogP contribution in [0.25, 0.3) is 0 Å². The van der Waals surface area contributed by atoms with Crippen molar-refractivity contribution in [3.63, 3.8) is 0 Å². The molecular weight excluding hydrogens is 358 g/mol. The first-order valence-corrected chi connectivity index (χ1v) is 9.23. The van der Waals surface area contributed by atoms with Gasteiger partial charge in [0.1, 0.15) is 4.88 Å². The molecule has 0 fully saturated rings. The molecule has 0 aliphatic carbocycles. The Bertz CT molecular complexity index is 773. The summed E-state index contributed by atoms with van der Waals surface area (Å²) in [4.78, 5) is 31.2. The average Bonchev–Trinajstić information content (AvgIpc) is 2.85. The van der Waals surface area contributed by atoms with Crippen molar-refractivity contribution in [3.8, 4) is 0 Å². The molecule has 134 valence electrons. The highest BCUT2D eigenvalue weighted by Crippen LogP contribution is 2.22. The number of anilines is 1. The van der Waals surface area contributed by atoms with Crippen LogP contribution in [0.5, 0.6) is 0 Å². The zero-order valence-electron chi connectivity index (χ0n) is 14.8. The van der Waals surface area contributed by atoms with Gasteiger partial charge in [0.05, 0.1) is 17.2 Å². The summed E-state index contributed by atoms with van der Waals surface area (Å²) in [5.74, 6) is 0.0173. The number of carbonyl (C=O) groups is 2. The van der Waals surface area contributed by atoms with Gasteiger partial charge in [-0.3, -0.25) is 9.59 Å². The lowest BCUT2D eigenvalue weighted by Gasteiger charge is -2.16. The Balaban J connectivity index is 2.00. The first-order valence-electron chi connectivity index (χ1n) is 8.03. The van der Waals surface area contributed by atoms with Crippen LogP contribution in [0.4, 0.5) is 5.69 Å². The number of amides is 2. The van der Waals surface area contributed by atoms with Crippen molar-refractivity contribution >= 4 is 40.4 Å². The molecule has 1 aromatic carbocycles. The smallest absolute Gasteiger partial charge is 0.266 e. The molecule has 25 heavy (non-hydrogen) atoms. The van der Waals surface area contributed by atoms with Crippen LogP contribution in [0.1, 0.15) is 34.2 Å². The Morgan fingerprint density at radius 3 is 2.72 bits per heavy atom. The lowest BCUT2D eigenvalue weighted by Crippen LogP contribution is -2.34. The van der Waals surface area contributed by atoms with Crippen LogP contribution < -0.4 is 5.32 Å². The van der Waals surface area contributed by atoms with Gasteiger partial charge in [0.15, 0.2) is 0 Å². The molecule has 2 aromatic rings. The third-order valence-electron chi connectivity index (χ3n) is 3.45. The number of halogens is 1. The van der Waals surface area contributed by atoms with E-state index in [1.165, 1.54) is 16.2 Å². The molecule has 1 heterocycles. The average molecular weight is 380 g/mol. The Labute approximate surface area is 157 Å². The summed E-state index contributed by atoms with van der Waals surface area (Å²) < 4.78 is 0. The number of likely N-dealkylation sites (N-methyl/N-ethyl adjacent to an activating group) is 1. The summed E-state index contributed by atoms with van der Waals surface area (Å²) in [5, 5.41) is 4.23. The standard InChI is InChI=1S/C18H22ClN3O2S/c1-11(2)8-16-20-12(3)17(25-16)18(24)22(4)10-15(23)21-14-7-5-6-13(19)9-14/h5-7,9,11H,8,10H2,1-4H3,(H,21,23). The van der Waals surface area contributed by atoms with E-state index in [1.807, 2.05) is 6.92 Å². The van der Waals surface area contributed by atoms with Gasteiger partial charge < -0.3 is 10.2 Å². The van der Waals surface area contributed by atoms with Crippen LogP contribution in [0.2, 0.25) is 5.02 Å². The number of thiazole rings is 1. The molecule has 0 atom stereocenters. The molecule has 0 saturated heterocycles. The molecule has 2 rings (SSSR count). The summed E-state index contributed by atoms with van der Waals surface area (Å²) >= 11 is 7.30. The molecule has 1 aromatic heterocycles. The van der Waals surface area contributed by atoms with E-state index >= 15 is 0 Å². The summed E-state index contributed by atoms with van der Waals surface area (Å²) in [6.45, 7) is 6.02. The van der Waals surface area contributed by atoms with Crippen LogP contribution in [0, 0.1) is 12.8 Å². The molecule has 5 nitrogen and oxygen atoms in total. The van der Waals surface area contributed by atoms with Crippen LogP contribution in [-0.4, -0.2) is 35.3 Å². The van der Waals surface area contributed by atoms with Crippen molar-refractivity contribution in [1.29, 1.82) is 0 Å². The zero-order valence-corrected chi connectivity index (χ0v) is 16.4. The number of nitrogens with zero attached hydrogens (tertiary/aromatic N) is 2. The summed E-state index contributed by atoms with van der Waals surface area (Å²) in [6, 6.07) is 6.89. The SMILES string of the molecule is Cc1nc(CC(C)C)sc1C(=O)N(C)CC(=O)Nc1cccc(Cl)c1. The number of aryl methyl sites for hydroxylation is 1. The molecular formula is C18H22ClN3O2S. The first-order chi connectivity index (χ1) is 11.8. The minimum Gasteiger partial charge on any atom is -0.332 e. The second-order valence-corrected chi connectivity index (χ2v) is 7.86. The predicted octanol–water partition coefficient (Wildman–Crippen LogP) is 4.01. The Kier molecular flexibility index (Phi) is 6.56. The van der Waals surface area contributed by atoms with Crippen LogP contribution in [0.15, 0.2) is 24.3 Å². The number of rotatable bonds is 6. The van der Waals surface area contributed by atoms with Crippen molar-refractivity contribution in [2.75, 3.05) is 18.9 Å². The van der Waals surface area contributed by atoms with Gasteiger partial charge in [-0.05, 0) is 31.0 Å². The van der Waals surface area contributed by atoms with Gasteiger partial charge in [-0.2, -0.15) is 0 Å². The number of hydrogen-bond donors (Lipinski definition) is 1. The van der Waals surface area contributed by atoms with E-state index in [9.17, 15) is 9.59 Å². The Morgan fingerprint density at radius 1 is 1.36 bits per heavy atom. The van der Waals surface area contributed by atoms with Gasteiger partial charge in [-0.1, -0.05) is 31.5 Å². The van der Waals surface area contributed by atoms with Crippen molar-refractivity contribution < 1.29 is 9.59 Å². The fourth-order valence-electron chi connectivity index (χ4n) is 2.31. The van der Waals surface area contributed by atoms with E-state index in [0.29, 0.717) is 27.2 Å². The first kappa shape index (κ1) is 19.4. The van der Waals surface area contributed by atoms with E-state index in [0.717, 1.165) is 11.4 Å². The molecule has 0 saturated carbocycles. The van der Waals surface area contributed by atoms with E-state index in [-0.39, 0.29) is 18.4 Å². The largest absolute Gasteiger partial charge is 0.332 e. The fourth-order valence-corrected chi connectivity index (χ4v) is 3.78. The maximum absolute atomic E-state index is 12.6. The normalized spacial score (nSPS) is 10.8. The lowest BCUT2D eigenvalue weighted by molar-refractivity contribution is -0.116. The van der Waals surface area contributed by atoms with Gasteiger partial charge in [0.25, 0.3) is 5.91 Å². The summed E-state index contributed by atoms with van der Waals surface area (Å²) in [7, 11) is 1.61. The van der Waals surface area contributed by atoms with Gasteiger partial charge in [-0.25, -0.2) is 4.98 Å². The van der Waals surface area contributed by atoms with Crippen molar-refractivity contribution in [1.82, 2.24) is 9.88 Å². The fraction of sp³-hybridized carbons (Fsp3) is 0.389. The van der Waals surface area contributed by atoms with Gasteiger partial charge in [0, 0.05) is 24.2 Å². The molecule has 0 unspecified atom stereocenters. The van der Waals surface area contributed by atoms with Crippen molar-refractivity contribution in [2.45, 2.75) is 27.2 Å². The molecule has 0 bridgehead atoms. The van der Waals surface area contributed by atoms with E-state index < -0.39 is 0 Å². The summed E-state index contributed by atoms with van der Waals surface area (Å²) in [6.07, 6.45) is 0.845. The van der Waals surface area contributed by atoms with Gasteiger partial charge in [-0.15, -0.1) is 11.3 Å². The van der Waals surface area contributed by atoms with E-state index in [1.54, 1.807) is 31.3 Å². The van der Waals surface area contributed by atoms with Gasteiger partial charge in [0.2, 0.25) is 5.91 Å². The molecule has 7 heteroatoms. The molecule has 1 N–H and O–H groups in total. The third-order valence-corrected chi connectivity index (χ3v) is 4.86. The number of carbonyl (C=O) groups excluding carboxylic acids is 2. The minimum atomic E-state index is -0.275. The number of nitrogens with one attached hydrogen (secondary N) is 1. The lowest BCUT2D eigenvalue weighted by atomic mass is 10.1. The minimum absolute atomic E-state index is 0.0395. The number of aromatic nitrogens is 1. The summed E-state index contributed by atoms with van der Waals surface area (Å²) in [5.41, 5.74) is 1.32.